The molecule has 6 heteroatoms. The van der Waals surface area contributed by atoms with Gasteiger partial charge in [-0.15, -0.1) is 0 Å². The number of amides is 1. The summed E-state index contributed by atoms with van der Waals surface area (Å²) in [6.45, 7) is 4.92. The largest absolute Gasteiger partial charge is 0.466 e. The second-order valence-corrected chi connectivity index (χ2v) is 19.6. The van der Waals surface area contributed by atoms with E-state index < -0.39 is 12.1 Å². The number of hydrogen-bond acceptors (Lipinski definition) is 5. The Morgan fingerprint density at radius 1 is 0.429 bits per heavy atom. The predicted molar refractivity (Wildman–Crippen MR) is 273 cm³/mol. The molecule has 63 heavy (non-hydrogen) atoms. The number of allylic oxidation sites excluding steroid dienone is 2. The molecule has 0 saturated heterocycles. The third-order valence-electron chi connectivity index (χ3n) is 13.3. The summed E-state index contributed by atoms with van der Waals surface area (Å²) in [5.74, 6) is -0.0294. The number of ether oxygens (including phenoxy) is 1. The minimum Gasteiger partial charge on any atom is -0.466 e. The molecule has 0 aromatic heterocycles. The van der Waals surface area contributed by atoms with E-state index >= 15 is 0 Å². The van der Waals surface area contributed by atoms with Crippen molar-refractivity contribution in [3.63, 3.8) is 0 Å². The molecule has 0 aliphatic heterocycles. The van der Waals surface area contributed by atoms with Crippen molar-refractivity contribution in [1.29, 1.82) is 0 Å². The number of aliphatic hydroxyl groups excluding tert-OH is 2. The van der Waals surface area contributed by atoms with E-state index in [1.54, 1.807) is 0 Å². The zero-order valence-corrected chi connectivity index (χ0v) is 42.6. The molecule has 0 rings (SSSR count). The van der Waals surface area contributed by atoms with Crippen molar-refractivity contribution in [3.05, 3.63) is 12.2 Å². The van der Waals surface area contributed by atoms with Gasteiger partial charge in [-0.2, -0.15) is 0 Å². The van der Waals surface area contributed by atoms with E-state index in [0.29, 0.717) is 25.9 Å². The first-order valence-electron chi connectivity index (χ1n) is 28.4. The molecule has 0 saturated carbocycles. The van der Waals surface area contributed by atoms with Crippen molar-refractivity contribution in [2.45, 2.75) is 328 Å². The Bertz CT molecular complexity index is 939. The fraction of sp³-hybridized carbons (Fsp3) is 0.930. The van der Waals surface area contributed by atoms with Gasteiger partial charge in [-0.05, 0) is 44.9 Å². The average Bonchev–Trinajstić information content (AvgIpc) is 3.28. The number of rotatable bonds is 53. The summed E-state index contributed by atoms with van der Waals surface area (Å²) in [6, 6.07) is -0.538. The molecule has 6 nitrogen and oxygen atoms in total. The summed E-state index contributed by atoms with van der Waals surface area (Å²) in [4.78, 5) is 24.4. The number of carbonyl (C=O) groups excluding carboxylic acids is 2. The lowest BCUT2D eigenvalue weighted by Gasteiger charge is -2.22. The lowest BCUT2D eigenvalue weighted by Crippen LogP contribution is -2.45. The fourth-order valence-electron chi connectivity index (χ4n) is 8.92. The van der Waals surface area contributed by atoms with Crippen LogP contribution in [0.15, 0.2) is 12.2 Å². The van der Waals surface area contributed by atoms with Crippen LogP contribution in [0.2, 0.25) is 0 Å². The van der Waals surface area contributed by atoms with Crippen molar-refractivity contribution in [2.75, 3.05) is 13.2 Å². The van der Waals surface area contributed by atoms with Crippen molar-refractivity contribution in [1.82, 2.24) is 5.32 Å². The molecule has 0 fully saturated rings. The number of esters is 1. The van der Waals surface area contributed by atoms with Gasteiger partial charge in [0.25, 0.3) is 0 Å². The Balaban J connectivity index is 3.34. The van der Waals surface area contributed by atoms with E-state index in [0.717, 1.165) is 44.9 Å². The lowest BCUT2D eigenvalue weighted by molar-refractivity contribution is -0.143. The highest BCUT2D eigenvalue weighted by atomic mass is 16.5. The standard InChI is InChI=1S/C57H111NO5/c1-3-5-7-9-11-13-29-33-37-41-45-49-55(60)54(53-59)58-56(61)50-46-42-38-34-31-27-25-23-21-19-17-15-16-18-20-22-24-26-28-32-36-40-44-48-52-63-57(62)51-47-43-39-35-30-14-12-10-8-6-4-2/h10,12,54-55,59-60H,3-9,11,13-53H2,1-2H3,(H,58,61)/b12-10-. The van der Waals surface area contributed by atoms with E-state index in [4.69, 9.17) is 4.74 Å². The van der Waals surface area contributed by atoms with Crippen LogP contribution in [0.25, 0.3) is 0 Å². The molecule has 2 unspecified atom stereocenters. The van der Waals surface area contributed by atoms with E-state index in [2.05, 4.69) is 31.3 Å². The summed E-state index contributed by atoms with van der Waals surface area (Å²) in [5.41, 5.74) is 0. The summed E-state index contributed by atoms with van der Waals surface area (Å²) >= 11 is 0. The number of hydrogen-bond donors (Lipinski definition) is 3. The van der Waals surface area contributed by atoms with Crippen LogP contribution in [0, 0.1) is 0 Å². The predicted octanol–water partition coefficient (Wildman–Crippen LogP) is 17.3. The summed E-state index contributed by atoms with van der Waals surface area (Å²) in [5, 5.41) is 23.2. The quantitative estimate of drug-likeness (QED) is 0.0321. The molecule has 0 aliphatic rings. The maximum Gasteiger partial charge on any atom is 0.305 e. The normalized spacial score (nSPS) is 12.6. The summed E-state index contributed by atoms with van der Waals surface area (Å²) in [6.07, 6.45) is 62.1. The van der Waals surface area contributed by atoms with Crippen LogP contribution in [0.5, 0.6) is 0 Å². The molecule has 0 radical (unpaired) electrons. The highest BCUT2D eigenvalue weighted by Crippen LogP contribution is 2.18. The molecule has 0 aliphatic carbocycles. The second-order valence-electron chi connectivity index (χ2n) is 19.6. The van der Waals surface area contributed by atoms with Gasteiger partial charge in [0.1, 0.15) is 0 Å². The molecule has 1 amide bonds. The van der Waals surface area contributed by atoms with Crippen LogP contribution < -0.4 is 5.32 Å². The van der Waals surface area contributed by atoms with E-state index in [9.17, 15) is 19.8 Å². The molecular formula is C57H111NO5. The van der Waals surface area contributed by atoms with Gasteiger partial charge in [-0.25, -0.2) is 0 Å². The maximum absolute atomic E-state index is 12.4. The Morgan fingerprint density at radius 3 is 1.17 bits per heavy atom. The van der Waals surface area contributed by atoms with Crippen molar-refractivity contribution in [2.24, 2.45) is 0 Å². The van der Waals surface area contributed by atoms with Crippen LogP contribution >= 0.6 is 0 Å². The fourth-order valence-corrected chi connectivity index (χ4v) is 8.92. The highest BCUT2D eigenvalue weighted by Gasteiger charge is 2.20. The number of nitrogens with one attached hydrogen (secondary N) is 1. The van der Waals surface area contributed by atoms with Gasteiger partial charge in [-0.3, -0.25) is 9.59 Å². The van der Waals surface area contributed by atoms with Crippen LogP contribution in [-0.4, -0.2) is 47.4 Å². The maximum atomic E-state index is 12.4. The van der Waals surface area contributed by atoms with Gasteiger partial charge in [0.2, 0.25) is 5.91 Å². The molecule has 0 aromatic carbocycles. The van der Waals surface area contributed by atoms with Gasteiger partial charge in [0.05, 0.1) is 25.4 Å². The molecular weight excluding hydrogens is 779 g/mol. The van der Waals surface area contributed by atoms with Gasteiger partial charge in [0, 0.05) is 12.8 Å². The van der Waals surface area contributed by atoms with Crippen LogP contribution in [0.1, 0.15) is 316 Å². The third-order valence-corrected chi connectivity index (χ3v) is 13.3. The van der Waals surface area contributed by atoms with Gasteiger partial charge < -0.3 is 20.3 Å². The molecule has 0 spiro atoms. The molecule has 0 heterocycles. The van der Waals surface area contributed by atoms with Crippen molar-refractivity contribution < 1.29 is 24.5 Å². The SMILES string of the molecule is CCCC/C=C\CCCCCCCC(=O)OCCCCCCCCCCCCCCCCCCCCCCCCCCC(=O)NC(CO)C(O)CCCCCCCCCCCCC. The minimum absolute atomic E-state index is 0.00449. The van der Waals surface area contributed by atoms with Gasteiger partial charge in [0.15, 0.2) is 0 Å². The third kappa shape index (κ3) is 49.9. The van der Waals surface area contributed by atoms with Gasteiger partial charge >= 0.3 is 5.97 Å². The second kappa shape index (κ2) is 53.2. The van der Waals surface area contributed by atoms with E-state index in [-0.39, 0.29) is 18.5 Å². The summed E-state index contributed by atoms with van der Waals surface area (Å²) < 4.78 is 5.46. The van der Waals surface area contributed by atoms with Crippen LogP contribution in [0.4, 0.5) is 0 Å². The number of carbonyl (C=O) groups is 2. The van der Waals surface area contributed by atoms with Crippen molar-refractivity contribution in [3.8, 4) is 0 Å². The Hall–Kier alpha value is -1.40. The molecule has 2 atom stereocenters. The zero-order chi connectivity index (χ0) is 45.8. The lowest BCUT2D eigenvalue weighted by atomic mass is 10.0. The summed E-state index contributed by atoms with van der Waals surface area (Å²) in [7, 11) is 0. The zero-order valence-electron chi connectivity index (χ0n) is 42.6. The molecule has 3 N–H and O–H groups in total. The Morgan fingerprint density at radius 2 is 0.762 bits per heavy atom. The van der Waals surface area contributed by atoms with E-state index in [1.165, 1.54) is 238 Å². The smallest absolute Gasteiger partial charge is 0.305 e. The van der Waals surface area contributed by atoms with E-state index in [1.807, 2.05) is 0 Å². The first-order valence-corrected chi connectivity index (χ1v) is 28.4. The Kier molecular flexibility index (Phi) is 52.0. The highest BCUT2D eigenvalue weighted by molar-refractivity contribution is 5.76. The number of unbranched alkanes of at least 4 members (excludes halogenated alkanes) is 40. The van der Waals surface area contributed by atoms with Crippen molar-refractivity contribution >= 4 is 11.9 Å². The monoisotopic (exact) mass is 890 g/mol. The average molecular weight is 891 g/mol. The topological polar surface area (TPSA) is 95.9 Å². The van der Waals surface area contributed by atoms with Crippen LogP contribution in [0.3, 0.4) is 0 Å². The minimum atomic E-state index is -0.661. The first kappa shape index (κ1) is 61.6. The molecule has 0 bridgehead atoms. The molecule has 0 aromatic rings. The Labute approximate surface area is 393 Å². The first-order chi connectivity index (χ1) is 31.0. The van der Waals surface area contributed by atoms with Gasteiger partial charge in [-0.1, -0.05) is 270 Å². The van der Waals surface area contributed by atoms with Crippen LogP contribution in [-0.2, 0) is 14.3 Å². The number of aliphatic hydroxyl groups is 2. The molecule has 374 valence electrons.